The molecule has 1 aromatic heterocycles. The molecule has 1 saturated heterocycles. The molecule has 0 saturated carbocycles. The van der Waals surface area contributed by atoms with Crippen molar-refractivity contribution in [3.8, 4) is 0 Å². The van der Waals surface area contributed by atoms with Crippen molar-refractivity contribution in [2.45, 2.75) is 25.3 Å². The van der Waals surface area contributed by atoms with Crippen molar-refractivity contribution in [2.75, 3.05) is 12.3 Å². The van der Waals surface area contributed by atoms with Gasteiger partial charge in [-0.2, -0.15) is 0 Å². The van der Waals surface area contributed by atoms with Crippen LogP contribution in [0.25, 0.3) is 0 Å². The molecular formula is C9H14N2S. The third-order valence-electron chi connectivity index (χ3n) is 2.30. The maximum absolute atomic E-state index is 5.68. The first-order valence-corrected chi connectivity index (χ1v) is 5.26. The van der Waals surface area contributed by atoms with E-state index in [0.717, 1.165) is 11.5 Å². The van der Waals surface area contributed by atoms with Crippen LogP contribution in [0.1, 0.15) is 30.2 Å². The van der Waals surface area contributed by atoms with Crippen LogP contribution in [0.3, 0.4) is 0 Å². The summed E-state index contributed by atoms with van der Waals surface area (Å²) in [5.74, 6) is 0. The van der Waals surface area contributed by atoms with E-state index in [2.05, 4.69) is 11.4 Å². The maximum Gasteiger partial charge on any atom is 0.0859 e. The topological polar surface area (TPSA) is 38.0 Å². The standard InChI is InChI=1S/C9H14N2S/c10-9-5-4-8(12-9)7-3-1-2-6-11-7/h4-5,7,11H,1-3,6,10H2/t7-/m0/s1. The Morgan fingerprint density at radius 2 is 2.33 bits per heavy atom. The molecule has 0 amide bonds. The minimum atomic E-state index is 0.570. The molecule has 2 rings (SSSR count). The third kappa shape index (κ3) is 1.62. The summed E-state index contributed by atoms with van der Waals surface area (Å²) in [7, 11) is 0. The molecule has 1 aliphatic rings. The zero-order valence-corrected chi connectivity index (χ0v) is 7.86. The minimum absolute atomic E-state index is 0.570. The van der Waals surface area contributed by atoms with Crippen molar-refractivity contribution in [1.82, 2.24) is 5.32 Å². The molecule has 3 heteroatoms. The fourth-order valence-electron chi connectivity index (χ4n) is 1.65. The van der Waals surface area contributed by atoms with Crippen LogP contribution >= 0.6 is 11.3 Å². The van der Waals surface area contributed by atoms with Crippen LogP contribution in [0.15, 0.2) is 12.1 Å². The van der Waals surface area contributed by atoms with Gasteiger partial charge in [-0.05, 0) is 31.5 Å². The van der Waals surface area contributed by atoms with Gasteiger partial charge in [0.1, 0.15) is 0 Å². The van der Waals surface area contributed by atoms with Crippen LogP contribution in [-0.2, 0) is 0 Å². The number of nitrogens with two attached hydrogens (primary N) is 1. The molecular weight excluding hydrogens is 168 g/mol. The Morgan fingerprint density at radius 3 is 2.92 bits per heavy atom. The van der Waals surface area contributed by atoms with E-state index in [0.29, 0.717) is 6.04 Å². The molecule has 0 aliphatic carbocycles. The molecule has 3 N–H and O–H groups in total. The number of hydrogen-bond donors (Lipinski definition) is 2. The smallest absolute Gasteiger partial charge is 0.0859 e. The van der Waals surface area contributed by atoms with Gasteiger partial charge in [0.05, 0.1) is 5.00 Å². The van der Waals surface area contributed by atoms with E-state index in [1.807, 2.05) is 6.07 Å². The molecule has 0 radical (unpaired) electrons. The Balaban J connectivity index is 2.08. The molecule has 2 nitrogen and oxygen atoms in total. The van der Waals surface area contributed by atoms with Gasteiger partial charge < -0.3 is 11.1 Å². The predicted molar refractivity (Wildman–Crippen MR) is 53.3 cm³/mol. The van der Waals surface area contributed by atoms with Gasteiger partial charge in [0.2, 0.25) is 0 Å². The summed E-state index contributed by atoms with van der Waals surface area (Å²) in [6.07, 6.45) is 3.92. The molecule has 1 aliphatic heterocycles. The van der Waals surface area contributed by atoms with Crippen molar-refractivity contribution in [3.05, 3.63) is 17.0 Å². The highest BCUT2D eigenvalue weighted by atomic mass is 32.1. The van der Waals surface area contributed by atoms with Gasteiger partial charge in [-0.1, -0.05) is 6.42 Å². The first kappa shape index (κ1) is 8.08. The number of nitrogens with one attached hydrogen (secondary N) is 1. The lowest BCUT2D eigenvalue weighted by atomic mass is 10.0. The average molecular weight is 182 g/mol. The zero-order valence-electron chi connectivity index (χ0n) is 7.05. The van der Waals surface area contributed by atoms with Crippen LogP contribution in [0.4, 0.5) is 5.00 Å². The van der Waals surface area contributed by atoms with Gasteiger partial charge in [0, 0.05) is 10.9 Å². The molecule has 1 fully saturated rings. The van der Waals surface area contributed by atoms with Gasteiger partial charge in [0.25, 0.3) is 0 Å². The Hall–Kier alpha value is -0.540. The van der Waals surface area contributed by atoms with E-state index in [1.165, 1.54) is 24.1 Å². The van der Waals surface area contributed by atoms with Crippen LogP contribution in [0.5, 0.6) is 0 Å². The summed E-state index contributed by atoms with van der Waals surface area (Å²) in [5, 5.41) is 4.43. The Kier molecular flexibility index (Phi) is 2.33. The Morgan fingerprint density at radius 1 is 1.42 bits per heavy atom. The lowest BCUT2D eigenvalue weighted by molar-refractivity contribution is 0.417. The largest absolute Gasteiger partial charge is 0.391 e. The summed E-state index contributed by atoms with van der Waals surface area (Å²) in [6.45, 7) is 1.16. The van der Waals surface area contributed by atoms with Gasteiger partial charge >= 0.3 is 0 Å². The van der Waals surface area contributed by atoms with Crippen molar-refractivity contribution in [1.29, 1.82) is 0 Å². The maximum atomic E-state index is 5.68. The second-order valence-corrected chi connectivity index (χ2v) is 4.39. The lowest BCUT2D eigenvalue weighted by Crippen LogP contribution is -2.25. The fourth-order valence-corrected chi connectivity index (χ4v) is 2.54. The van der Waals surface area contributed by atoms with Crippen molar-refractivity contribution >= 4 is 16.3 Å². The van der Waals surface area contributed by atoms with Crippen LogP contribution in [0, 0.1) is 0 Å². The molecule has 66 valence electrons. The number of nitrogen functional groups attached to an aromatic ring is 1. The number of piperidine rings is 1. The summed E-state index contributed by atoms with van der Waals surface area (Å²) < 4.78 is 0. The highest BCUT2D eigenvalue weighted by Crippen LogP contribution is 2.29. The summed E-state index contributed by atoms with van der Waals surface area (Å²) in [6, 6.07) is 4.71. The molecule has 1 aromatic rings. The van der Waals surface area contributed by atoms with Gasteiger partial charge in [-0.25, -0.2) is 0 Å². The highest BCUT2D eigenvalue weighted by Gasteiger charge is 2.15. The monoisotopic (exact) mass is 182 g/mol. The number of thiophene rings is 1. The van der Waals surface area contributed by atoms with E-state index in [4.69, 9.17) is 5.73 Å². The predicted octanol–water partition coefficient (Wildman–Crippen LogP) is 2.14. The van der Waals surface area contributed by atoms with E-state index < -0.39 is 0 Å². The number of anilines is 1. The van der Waals surface area contributed by atoms with Crippen LogP contribution in [0.2, 0.25) is 0 Å². The quantitative estimate of drug-likeness (QED) is 0.698. The van der Waals surface area contributed by atoms with E-state index in [1.54, 1.807) is 11.3 Å². The SMILES string of the molecule is Nc1ccc([C@@H]2CCCCN2)s1. The Labute approximate surface area is 76.8 Å². The third-order valence-corrected chi connectivity index (χ3v) is 3.33. The summed E-state index contributed by atoms with van der Waals surface area (Å²) in [5.41, 5.74) is 5.68. The molecule has 12 heavy (non-hydrogen) atoms. The fraction of sp³-hybridized carbons (Fsp3) is 0.556. The van der Waals surface area contributed by atoms with Crippen molar-refractivity contribution in [2.24, 2.45) is 0 Å². The average Bonchev–Trinajstić information content (AvgIpc) is 2.54. The van der Waals surface area contributed by atoms with Gasteiger partial charge in [0.15, 0.2) is 0 Å². The molecule has 2 heterocycles. The first-order chi connectivity index (χ1) is 5.86. The van der Waals surface area contributed by atoms with Crippen LogP contribution < -0.4 is 11.1 Å². The Bertz CT molecular complexity index is 251. The molecule has 0 unspecified atom stereocenters. The summed E-state index contributed by atoms with van der Waals surface area (Å²) >= 11 is 1.71. The second-order valence-electron chi connectivity index (χ2n) is 3.24. The molecule has 0 aromatic carbocycles. The van der Waals surface area contributed by atoms with Gasteiger partial charge in [-0.15, -0.1) is 11.3 Å². The van der Waals surface area contributed by atoms with E-state index >= 15 is 0 Å². The molecule has 1 atom stereocenters. The van der Waals surface area contributed by atoms with Crippen molar-refractivity contribution in [3.63, 3.8) is 0 Å². The summed E-state index contributed by atoms with van der Waals surface area (Å²) in [4.78, 5) is 1.40. The first-order valence-electron chi connectivity index (χ1n) is 4.45. The molecule has 0 bridgehead atoms. The normalized spacial score (nSPS) is 24.2. The molecule has 0 spiro atoms. The van der Waals surface area contributed by atoms with Crippen LogP contribution in [-0.4, -0.2) is 6.54 Å². The van der Waals surface area contributed by atoms with Gasteiger partial charge in [-0.3, -0.25) is 0 Å². The minimum Gasteiger partial charge on any atom is -0.391 e. The number of rotatable bonds is 1. The van der Waals surface area contributed by atoms with E-state index in [9.17, 15) is 0 Å². The zero-order chi connectivity index (χ0) is 8.39. The van der Waals surface area contributed by atoms with E-state index in [-0.39, 0.29) is 0 Å². The van der Waals surface area contributed by atoms with Crippen molar-refractivity contribution < 1.29 is 0 Å². The number of hydrogen-bond acceptors (Lipinski definition) is 3. The highest BCUT2D eigenvalue weighted by molar-refractivity contribution is 7.15. The lowest BCUT2D eigenvalue weighted by Gasteiger charge is -2.21. The second kappa shape index (κ2) is 3.46.